The molecular formula is C19H13N3OS2. The zero-order valence-corrected chi connectivity index (χ0v) is 15.2. The van der Waals surface area contributed by atoms with Crippen molar-refractivity contribution in [1.29, 1.82) is 5.26 Å². The molecule has 0 radical (unpaired) electrons. The van der Waals surface area contributed by atoms with Gasteiger partial charge in [-0.05, 0) is 47.9 Å². The lowest BCUT2D eigenvalue weighted by Gasteiger charge is -2.00. The Hall–Kier alpha value is -2.75. The number of nitrogens with zero attached hydrogens (tertiary/aromatic N) is 2. The quantitative estimate of drug-likeness (QED) is 0.516. The van der Waals surface area contributed by atoms with Crippen molar-refractivity contribution in [3.8, 4) is 6.07 Å². The number of nitrogens with one attached hydrogen (secondary N) is 1. The van der Waals surface area contributed by atoms with Crippen molar-refractivity contribution in [1.82, 2.24) is 9.97 Å². The smallest absolute Gasteiger partial charge is 0.260 e. The normalized spacial score (nSPS) is 12.0. The van der Waals surface area contributed by atoms with Crippen LogP contribution in [-0.2, 0) is 0 Å². The second kappa shape index (κ2) is 5.96. The zero-order chi connectivity index (χ0) is 17.6. The Bertz CT molecular complexity index is 1250. The van der Waals surface area contributed by atoms with E-state index in [-0.39, 0.29) is 5.56 Å². The minimum Gasteiger partial charge on any atom is -0.305 e. The summed E-state index contributed by atoms with van der Waals surface area (Å²) in [6.07, 6.45) is 1.79. The third-order valence-electron chi connectivity index (χ3n) is 4.23. The van der Waals surface area contributed by atoms with E-state index in [9.17, 15) is 10.1 Å². The molecule has 0 aliphatic rings. The molecule has 0 aliphatic carbocycles. The number of H-pyrrole nitrogens is 1. The summed E-state index contributed by atoms with van der Waals surface area (Å²) in [5, 5.41) is 13.3. The third kappa shape index (κ3) is 2.58. The van der Waals surface area contributed by atoms with E-state index >= 15 is 0 Å². The summed E-state index contributed by atoms with van der Waals surface area (Å²) >= 11 is 3.11. The lowest BCUT2D eigenvalue weighted by atomic mass is 10.1. The Morgan fingerprint density at radius 3 is 2.92 bits per heavy atom. The molecule has 0 unspecified atom stereocenters. The number of nitriles is 1. The standard InChI is InChI=1S/C19H13N3OS2/c1-10-11(2)25-19-16(10)18(23)21-17(22-19)12(8-20)7-13-9-24-15-6-4-3-5-14(13)15/h3-7,9H,1-2H3,(H,21,22,23)/b12-7+. The molecule has 122 valence electrons. The van der Waals surface area contributed by atoms with Gasteiger partial charge in [0, 0.05) is 9.58 Å². The van der Waals surface area contributed by atoms with E-state index in [4.69, 9.17) is 0 Å². The van der Waals surface area contributed by atoms with E-state index in [2.05, 4.69) is 16.0 Å². The highest BCUT2D eigenvalue weighted by atomic mass is 32.1. The van der Waals surface area contributed by atoms with Crippen molar-refractivity contribution in [3.05, 3.63) is 61.8 Å². The summed E-state index contributed by atoms with van der Waals surface area (Å²) < 4.78 is 1.16. The van der Waals surface area contributed by atoms with E-state index in [1.807, 2.05) is 43.5 Å². The molecule has 1 aromatic carbocycles. The van der Waals surface area contributed by atoms with Crippen LogP contribution in [0.4, 0.5) is 0 Å². The molecule has 0 saturated carbocycles. The van der Waals surface area contributed by atoms with Crippen molar-refractivity contribution in [2.75, 3.05) is 0 Å². The number of fused-ring (bicyclic) bond motifs is 2. The first-order valence-corrected chi connectivity index (χ1v) is 9.36. The second-order valence-electron chi connectivity index (χ2n) is 5.73. The lowest BCUT2D eigenvalue weighted by molar-refractivity contribution is 1.13. The Labute approximate surface area is 151 Å². The van der Waals surface area contributed by atoms with Crippen molar-refractivity contribution >= 4 is 54.6 Å². The molecule has 0 aliphatic heterocycles. The molecule has 0 saturated heterocycles. The Morgan fingerprint density at radius 1 is 1.32 bits per heavy atom. The number of benzene rings is 1. The van der Waals surface area contributed by atoms with E-state index in [1.165, 1.54) is 11.3 Å². The number of hydrogen-bond donors (Lipinski definition) is 1. The maximum Gasteiger partial charge on any atom is 0.260 e. The summed E-state index contributed by atoms with van der Waals surface area (Å²) in [6, 6.07) is 10.2. The van der Waals surface area contributed by atoms with Crippen LogP contribution in [0.15, 0.2) is 34.4 Å². The fourth-order valence-corrected chi connectivity index (χ4v) is 4.75. The SMILES string of the molecule is Cc1sc2nc(/C(C#N)=C/c3csc4ccccc34)[nH]c(=O)c2c1C. The predicted octanol–water partition coefficient (Wildman–Crippen LogP) is 4.88. The molecule has 4 aromatic rings. The summed E-state index contributed by atoms with van der Waals surface area (Å²) in [6.45, 7) is 3.89. The molecule has 3 aromatic heterocycles. The van der Waals surface area contributed by atoms with Gasteiger partial charge in [0.25, 0.3) is 5.56 Å². The zero-order valence-electron chi connectivity index (χ0n) is 13.6. The number of allylic oxidation sites excluding steroid dienone is 1. The van der Waals surface area contributed by atoms with Gasteiger partial charge in [0.1, 0.15) is 10.9 Å². The average molecular weight is 363 g/mol. The van der Waals surface area contributed by atoms with Crippen LogP contribution >= 0.6 is 22.7 Å². The van der Waals surface area contributed by atoms with Crippen LogP contribution in [0.1, 0.15) is 21.8 Å². The molecule has 25 heavy (non-hydrogen) atoms. The number of aromatic nitrogens is 2. The fourth-order valence-electron chi connectivity index (χ4n) is 2.80. The first kappa shape index (κ1) is 15.8. The van der Waals surface area contributed by atoms with Crippen molar-refractivity contribution < 1.29 is 0 Å². The summed E-state index contributed by atoms with van der Waals surface area (Å²) in [5.41, 5.74) is 2.06. The number of hydrogen-bond acceptors (Lipinski definition) is 5. The van der Waals surface area contributed by atoms with Crippen LogP contribution in [0.3, 0.4) is 0 Å². The summed E-state index contributed by atoms with van der Waals surface area (Å²) in [7, 11) is 0. The lowest BCUT2D eigenvalue weighted by Crippen LogP contribution is -2.10. The molecule has 1 N–H and O–H groups in total. The Kier molecular flexibility index (Phi) is 3.75. The van der Waals surface area contributed by atoms with Crippen LogP contribution in [0.2, 0.25) is 0 Å². The highest BCUT2D eigenvalue weighted by Crippen LogP contribution is 2.30. The molecule has 0 atom stereocenters. The highest BCUT2D eigenvalue weighted by molar-refractivity contribution is 7.18. The first-order valence-electron chi connectivity index (χ1n) is 7.67. The van der Waals surface area contributed by atoms with Crippen LogP contribution in [-0.4, -0.2) is 9.97 Å². The van der Waals surface area contributed by atoms with Gasteiger partial charge in [-0.15, -0.1) is 22.7 Å². The molecule has 3 heterocycles. The molecule has 0 fully saturated rings. The fraction of sp³-hybridized carbons (Fsp3) is 0.105. The molecule has 4 nitrogen and oxygen atoms in total. The van der Waals surface area contributed by atoms with Gasteiger partial charge in [-0.25, -0.2) is 4.98 Å². The minimum atomic E-state index is -0.196. The highest BCUT2D eigenvalue weighted by Gasteiger charge is 2.14. The maximum atomic E-state index is 12.4. The number of thiophene rings is 2. The first-order chi connectivity index (χ1) is 12.1. The van der Waals surface area contributed by atoms with Gasteiger partial charge in [0.05, 0.1) is 11.0 Å². The Morgan fingerprint density at radius 2 is 2.12 bits per heavy atom. The van der Waals surface area contributed by atoms with Gasteiger partial charge in [-0.3, -0.25) is 4.79 Å². The van der Waals surface area contributed by atoms with Crippen molar-refractivity contribution in [2.45, 2.75) is 13.8 Å². The monoisotopic (exact) mass is 363 g/mol. The maximum absolute atomic E-state index is 12.4. The number of aromatic amines is 1. The predicted molar refractivity (Wildman–Crippen MR) is 105 cm³/mol. The largest absolute Gasteiger partial charge is 0.305 e. The van der Waals surface area contributed by atoms with Gasteiger partial charge in [0.15, 0.2) is 5.82 Å². The van der Waals surface area contributed by atoms with Gasteiger partial charge in [-0.2, -0.15) is 5.26 Å². The second-order valence-corrected chi connectivity index (χ2v) is 7.85. The molecule has 0 spiro atoms. The van der Waals surface area contributed by atoms with E-state index in [0.717, 1.165) is 26.1 Å². The number of rotatable bonds is 2. The van der Waals surface area contributed by atoms with Gasteiger partial charge in [-0.1, -0.05) is 18.2 Å². The third-order valence-corrected chi connectivity index (χ3v) is 6.31. The molecule has 0 amide bonds. The van der Waals surface area contributed by atoms with Crippen LogP contribution in [0.5, 0.6) is 0 Å². The van der Waals surface area contributed by atoms with Gasteiger partial charge in [0.2, 0.25) is 0 Å². The van der Waals surface area contributed by atoms with Crippen LogP contribution in [0.25, 0.3) is 32.0 Å². The van der Waals surface area contributed by atoms with Gasteiger partial charge < -0.3 is 4.98 Å². The van der Waals surface area contributed by atoms with Crippen molar-refractivity contribution in [3.63, 3.8) is 0 Å². The molecule has 0 bridgehead atoms. The minimum absolute atomic E-state index is 0.196. The topological polar surface area (TPSA) is 69.5 Å². The van der Waals surface area contributed by atoms with E-state index in [1.54, 1.807) is 17.4 Å². The average Bonchev–Trinajstić information content (AvgIpc) is 3.14. The summed E-state index contributed by atoms with van der Waals surface area (Å²) in [4.78, 5) is 21.5. The molecule has 4 rings (SSSR count). The van der Waals surface area contributed by atoms with Crippen molar-refractivity contribution in [2.24, 2.45) is 0 Å². The van der Waals surface area contributed by atoms with Crippen LogP contribution < -0.4 is 5.56 Å². The number of aryl methyl sites for hydroxylation is 2. The molecular weight excluding hydrogens is 350 g/mol. The van der Waals surface area contributed by atoms with Gasteiger partial charge >= 0.3 is 0 Å². The van der Waals surface area contributed by atoms with Crippen LogP contribution in [0, 0.1) is 25.2 Å². The van der Waals surface area contributed by atoms with E-state index < -0.39 is 0 Å². The Balaban J connectivity index is 1.91. The van der Waals surface area contributed by atoms with E-state index in [0.29, 0.717) is 21.6 Å². The molecule has 6 heteroatoms. The summed E-state index contributed by atoms with van der Waals surface area (Å²) in [5.74, 6) is 0.316.